The molecular formula is C22H20N2O5. The first kappa shape index (κ1) is 18.6. The van der Waals surface area contributed by atoms with Crippen molar-refractivity contribution in [1.82, 2.24) is 0 Å². The van der Waals surface area contributed by atoms with Gasteiger partial charge in [0.15, 0.2) is 17.3 Å². The highest BCUT2D eigenvalue weighted by Crippen LogP contribution is 2.34. The number of anilines is 2. The van der Waals surface area contributed by atoms with Gasteiger partial charge in [-0.3, -0.25) is 9.59 Å². The summed E-state index contributed by atoms with van der Waals surface area (Å²) in [6.07, 6.45) is 2.22. The second-order valence-corrected chi connectivity index (χ2v) is 6.52. The van der Waals surface area contributed by atoms with Gasteiger partial charge in [0.05, 0.1) is 26.0 Å². The van der Waals surface area contributed by atoms with Gasteiger partial charge in [-0.05, 0) is 48.4 Å². The van der Waals surface area contributed by atoms with Gasteiger partial charge < -0.3 is 24.1 Å². The van der Waals surface area contributed by atoms with E-state index in [1.807, 2.05) is 12.1 Å². The standard InChI is InChI=1S/C22H20N2O5/c1-27-18-6-3-5-16(20(18)28-2)21(25)23-15-9-8-14-10-11-24(17(14)13-15)22(26)19-7-4-12-29-19/h3-9,12-13H,10-11H2,1-2H3,(H,23,25). The Morgan fingerprint density at radius 2 is 1.93 bits per heavy atom. The molecule has 0 aliphatic carbocycles. The van der Waals surface area contributed by atoms with Crippen molar-refractivity contribution in [3.63, 3.8) is 0 Å². The van der Waals surface area contributed by atoms with Crippen LogP contribution in [0.25, 0.3) is 0 Å². The van der Waals surface area contributed by atoms with Gasteiger partial charge in [0.2, 0.25) is 0 Å². The lowest BCUT2D eigenvalue weighted by Crippen LogP contribution is -2.28. The van der Waals surface area contributed by atoms with Gasteiger partial charge in [-0.25, -0.2) is 0 Å². The molecule has 7 heteroatoms. The van der Waals surface area contributed by atoms with Crippen LogP contribution < -0.4 is 19.7 Å². The summed E-state index contributed by atoms with van der Waals surface area (Å²) in [5, 5.41) is 2.87. The molecular weight excluding hydrogens is 372 g/mol. The van der Waals surface area contributed by atoms with Crippen LogP contribution in [0.4, 0.5) is 11.4 Å². The number of para-hydroxylation sites is 1. The molecule has 3 aromatic rings. The fourth-order valence-corrected chi connectivity index (χ4v) is 3.47. The molecule has 0 saturated heterocycles. The predicted molar refractivity (Wildman–Crippen MR) is 108 cm³/mol. The molecule has 2 heterocycles. The van der Waals surface area contributed by atoms with E-state index in [-0.39, 0.29) is 17.6 Å². The maximum Gasteiger partial charge on any atom is 0.293 e. The minimum Gasteiger partial charge on any atom is -0.493 e. The average molecular weight is 392 g/mol. The lowest BCUT2D eigenvalue weighted by atomic mass is 10.1. The molecule has 0 fully saturated rings. The molecule has 4 rings (SSSR count). The number of fused-ring (bicyclic) bond motifs is 1. The van der Waals surface area contributed by atoms with Crippen molar-refractivity contribution in [2.24, 2.45) is 0 Å². The SMILES string of the molecule is COc1cccc(C(=O)Nc2ccc3c(c2)N(C(=O)c2ccco2)CC3)c1OC. The third kappa shape index (κ3) is 3.42. The number of hydrogen-bond acceptors (Lipinski definition) is 5. The van der Waals surface area contributed by atoms with Crippen molar-refractivity contribution in [2.75, 3.05) is 31.0 Å². The number of carbonyl (C=O) groups is 2. The maximum absolute atomic E-state index is 12.8. The van der Waals surface area contributed by atoms with Gasteiger partial charge >= 0.3 is 0 Å². The molecule has 1 aliphatic rings. The normalized spacial score (nSPS) is 12.4. The summed E-state index contributed by atoms with van der Waals surface area (Å²) in [4.78, 5) is 27.2. The average Bonchev–Trinajstić information content (AvgIpc) is 3.42. The van der Waals surface area contributed by atoms with Crippen LogP contribution in [0.3, 0.4) is 0 Å². The molecule has 7 nitrogen and oxygen atoms in total. The number of amides is 2. The number of benzene rings is 2. The second kappa shape index (κ2) is 7.71. The first-order chi connectivity index (χ1) is 14.1. The lowest BCUT2D eigenvalue weighted by molar-refractivity contribution is 0.0962. The summed E-state index contributed by atoms with van der Waals surface area (Å²) in [5.74, 6) is 0.593. The van der Waals surface area contributed by atoms with E-state index in [0.29, 0.717) is 29.3 Å². The van der Waals surface area contributed by atoms with Crippen LogP contribution in [0.1, 0.15) is 26.5 Å². The Morgan fingerprint density at radius 1 is 1.07 bits per heavy atom. The Bertz CT molecular complexity index is 1060. The summed E-state index contributed by atoms with van der Waals surface area (Å²) in [6.45, 7) is 0.565. The fraction of sp³-hybridized carbons (Fsp3) is 0.182. The van der Waals surface area contributed by atoms with E-state index < -0.39 is 0 Å². The Labute approximate surface area is 167 Å². The fourth-order valence-electron chi connectivity index (χ4n) is 3.47. The minimum absolute atomic E-state index is 0.202. The lowest BCUT2D eigenvalue weighted by Gasteiger charge is -2.17. The quantitative estimate of drug-likeness (QED) is 0.715. The third-order valence-corrected chi connectivity index (χ3v) is 4.86. The summed E-state index contributed by atoms with van der Waals surface area (Å²) in [7, 11) is 3.01. The molecule has 0 unspecified atom stereocenters. The second-order valence-electron chi connectivity index (χ2n) is 6.52. The molecule has 0 spiro atoms. The molecule has 1 aliphatic heterocycles. The van der Waals surface area contributed by atoms with Gasteiger partial charge in [-0.1, -0.05) is 12.1 Å². The minimum atomic E-state index is -0.331. The van der Waals surface area contributed by atoms with E-state index in [9.17, 15) is 9.59 Å². The third-order valence-electron chi connectivity index (χ3n) is 4.86. The molecule has 29 heavy (non-hydrogen) atoms. The zero-order valence-electron chi connectivity index (χ0n) is 16.1. The first-order valence-corrected chi connectivity index (χ1v) is 9.13. The largest absolute Gasteiger partial charge is 0.493 e. The number of nitrogens with one attached hydrogen (secondary N) is 1. The Morgan fingerprint density at radius 3 is 2.66 bits per heavy atom. The molecule has 0 atom stereocenters. The highest BCUT2D eigenvalue weighted by atomic mass is 16.5. The number of furan rings is 1. The van der Waals surface area contributed by atoms with Crippen LogP contribution in [0.5, 0.6) is 11.5 Å². The van der Waals surface area contributed by atoms with Crippen molar-refractivity contribution >= 4 is 23.2 Å². The van der Waals surface area contributed by atoms with Gasteiger partial charge in [-0.2, -0.15) is 0 Å². The van der Waals surface area contributed by atoms with Crippen LogP contribution >= 0.6 is 0 Å². The van der Waals surface area contributed by atoms with Gasteiger partial charge in [0.25, 0.3) is 11.8 Å². The Kier molecular flexibility index (Phi) is 4.95. The molecule has 0 radical (unpaired) electrons. The number of methoxy groups -OCH3 is 2. The maximum atomic E-state index is 12.8. The van der Waals surface area contributed by atoms with Crippen molar-refractivity contribution < 1.29 is 23.5 Å². The molecule has 2 amide bonds. The Hall–Kier alpha value is -3.74. The van der Waals surface area contributed by atoms with Gasteiger partial charge in [0.1, 0.15) is 0 Å². The molecule has 1 aromatic heterocycles. The van der Waals surface area contributed by atoms with E-state index in [1.54, 1.807) is 41.3 Å². The predicted octanol–water partition coefficient (Wildman–Crippen LogP) is 3.75. The summed E-state index contributed by atoms with van der Waals surface area (Å²) in [6, 6.07) is 14.0. The zero-order chi connectivity index (χ0) is 20.4. The van der Waals surface area contributed by atoms with Gasteiger partial charge in [0, 0.05) is 17.9 Å². The van der Waals surface area contributed by atoms with Crippen molar-refractivity contribution in [2.45, 2.75) is 6.42 Å². The number of nitrogens with zero attached hydrogens (tertiary/aromatic N) is 1. The summed E-state index contributed by atoms with van der Waals surface area (Å²) in [5.41, 5.74) is 2.75. The van der Waals surface area contributed by atoms with Crippen molar-refractivity contribution in [1.29, 1.82) is 0 Å². The summed E-state index contributed by atoms with van der Waals surface area (Å²) < 4.78 is 15.8. The number of hydrogen-bond donors (Lipinski definition) is 1. The molecule has 1 N–H and O–H groups in total. The highest BCUT2D eigenvalue weighted by molar-refractivity contribution is 6.08. The number of rotatable bonds is 5. The number of ether oxygens (including phenoxy) is 2. The highest BCUT2D eigenvalue weighted by Gasteiger charge is 2.27. The van der Waals surface area contributed by atoms with E-state index >= 15 is 0 Å². The smallest absolute Gasteiger partial charge is 0.293 e. The van der Waals surface area contributed by atoms with E-state index in [1.165, 1.54) is 20.5 Å². The van der Waals surface area contributed by atoms with Crippen molar-refractivity contribution in [3.8, 4) is 11.5 Å². The van der Waals surface area contributed by atoms with Crippen LogP contribution in [-0.4, -0.2) is 32.6 Å². The monoisotopic (exact) mass is 392 g/mol. The first-order valence-electron chi connectivity index (χ1n) is 9.13. The molecule has 0 bridgehead atoms. The van der Waals surface area contributed by atoms with Crippen LogP contribution in [0.2, 0.25) is 0 Å². The van der Waals surface area contributed by atoms with Crippen molar-refractivity contribution in [3.05, 3.63) is 71.7 Å². The van der Waals surface area contributed by atoms with Crippen LogP contribution in [0, 0.1) is 0 Å². The van der Waals surface area contributed by atoms with Crippen LogP contribution in [-0.2, 0) is 6.42 Å². The van der Waals surface area contributed by atoms with Gasteiger partial charge in [-0.15, -0.1) is 0 Å². The Balaban J connectivity index is 1.60. The molecule has 2 aromatic carbocycles. The van der Waals surface area contributed by atoms with E-state index in [2.05, 4.69) is 5.32 Å². The van der Waals surface area contributed by atoms with E-state index in [4.69, 9.17) is 13.9 Å². The molecule has 148 valence electrons. The van der Waals surface area contributed by atoms with Crippen LogP contribution in [0.15, 0.2) is 59.2 Å². The zero-order valence-corrected chi connectivity index (χ0v) is 16.1. The van der Waals surface area contributed by atoms with E-state index in [0.717, 1.165) is 17.7 Å². The molecule has 0 saturated carbocycles. The number of carbonyl (C=O) groups excluding carboxylic acids is 2. The topological polar surface area (TPSA) is 81.0 Å². The summed E-state index contributed by atoms with van der Waals surface area (Å²) >= 11 is 0.